The molecule has 0 saturated carbocycles. The summed E-state index contributed by atoms with van der Waals surface area (Å²) in [4.78, 5) is 12.6. The molecule has 1 aliphatic carbocycles. The summed E-state index contributed by atoms with van der Waals surface area (Å²) in [7, 11) is 3.23. The van der Waals surface area contributed by atoms with Gasteiger partial charge in [-0.1, -0.05) is 0 Å². The molecule has 146 valence electrons. The van der Waals surface area contributed by atoms with E-state index in [9.17, 15) is 4.79 Å². The van der Waals surface area contributed by atoms with Gasteiger partial charge in [-0.05, 0) is 48.0 Å². The molecule has 0 atom stereocenters. The highest BCUT2D eigenvalue weighted by Gasteiger charge is 2.26. The normalized spacial score (nSPS) is 13.4. The lowest BCUT2D eigenvalue weighted by Crippen LogP contribution is -1.95. The van der Waals surface area contributed by atoms with Gasteiger partial charge in [0, 0.05) is 23.1 Å². The van der Waals surface area contributed by atoms with E-state index in [-0.39, 0.29) is 12.6 Å². The number of carbonyl (C=O) groups is 1. The van der Waals surface area contributed by atoms with Crippen molar-refractivity contribution in [3.05, 3.63) is 58.8 Å². The highest BCUT2D eigenvalue weighted by molar-refractivity contribution is 6.07. The van der Waals surface area contributed by atoms with Gasteiger partial charge in [0.15, 0.2) is 28.8 Å². The lowest BCUT2D eigenvalue weighted by atomic mass is 10.1. The minimum atomic E-state index is -0.120. The number of hydrogen-bond donors (Lipinski definition) is 1. The van der Waals surface area contributed by atoms with Crippen LogP contribution in [0, 0.1) is 0 Å². The Morgan fingerprint density at radius 2 is 1.90 bits per heavy atom. The van der Waals surface area contributed by atoms with Crippen LogP contribution in [0.5, 0.6) is 23.0 Å². The molecule has 0 fully saturated rings. The second-order valence-electron chi connectivity index (χ2n) is 6.77. The van der Waals surface area contributed by atoms with E-state index in [1.807, 2.05) is 12.1 Å². The molecule has 2 aromatic carbocycles. The Balaban J connectivity index is 1.42. The summed E-state index contributed by atoms with van der Waals surface area (Å²) in [5, 5.41) is 7.47. The summed E-state index contributed by atoms with van der Waals surface area (Å²) >= 11 is 0. The molecule has 7 nitrogen and oxygen atoms in total. The first kappa shape index (κ1) is 17.4. The summed E-state index contributed by atoms with van der Waals surface area (Å²) in [5.74, 6) is 2.48. The van der Waals surface area contributed by atoms with Crippen molar-refractivity contribution < 1.29 is 23.7 Å². The topological polar surface area (TPSA) is 82.7 Å². The summed E-state index contributed by atoms with van der Waals surface area (Å²) in [6.07, 6.45) is 4.01. The van der Waals surface area contributed by atoms with Gasteiger partial charge < -0.3 is 18.9 Å². The van der Waals surface area contributed by atoms with Crippen LogP contribution in [-0.4, -0.2) is 37.0 Å². The third-order valence-electron chi connectivity index (χ3n) is 5.19. The van der Waals surface area contributed by atoms with Crippen molar-refractivity contribution in [3.8, 4) is 34.3 Å². The van der Waals surface area contributed by atoms with Crippen LogP contribution in [0.1, 0.15) is 27.2 Å². The van der Waals surface area contributed by atoms with Gasteiger partial charge in [-0.15, -0.1) is 0 Å². The molecule has 1 aliphatic heterocycles. The van der Waals surface area contributed by atoms with Crippen LogP contribution < -0.4 is 18.9 Å². The first-order chi connectivity index (χ1) is 14.2. The quantitative estimate of drug-likeness (QED) is 0.414. The molecule has 7 heteroatoms. The van der Waals surface area contributed by atoms with Gasteiger partial charge in [-0.2, -0.15) is 5.10 Å². The lowest BCUT2D eigenvalue weighted by Gasteiger charge is -2.09. The zero-order valence-corrected chi connectivity index (χ0v) is 15.9. The van der Waals surface area contributed by atoms with Crippen LogP contribution in [0.4, 0.5) is 0 Å². The van der Waals surface area contributed by atoms with Crippen molar-refractivity contribution in [1.82, 2.24) is 10.2 Å². The van der Waals surface area contributed by atoms with Crippen molar-refractivity contribution in [2.24, 2.45) is 0 Å². The van der Waals surface area contributed by atoms with E-state index in [1.54, 1.807) is 38.5 Å². The first-order valence-electron chi connectivity index (χ1n) is 9.12. The van der Waals surface area contributed by atoms with E-state index in [0.717, 1.165) is 28.1 Å². The number of aromatic amines is 1. The fourth-order valence-corrected chi connectivity index (χ4v) is 3.70. The number of allylic oxidation sites excluding steroid dienone is 1. The first-order valence-corrected chi connectivity index (χ1v) is 9.12. The van der Waals surface area contributed by atoms with Crippen LogP contribution in [-0.2, 0) is 6.42 Å². The molecule has 1 aromatic heterocycles. The predicted octanol–water partition coefficient (Wildman–Crippen LogP) is 3.62. The number of ether oxygens (including phenoxy) is 4. The largest absolute Gasteiger partial charge is 0.493 e. The van der Waals surface area contributed by atoms with Gasteiger partial charge in [-0.25, -0.2) is 0 Å². The van der Waals surface area contributed by atoms with E-state index in [2.05, 4.69) is 10.2 Å². The number of ketones is 1. The fraction of sp³-hybridized carbons (Fsp3) is 0.182. The number of aromatic nitrogens is 2. The number of rotatable bonds is 5. The maximum absolute atomic E-state index is 12.6. The van der Waals surface area contributed by atoms with Crippen LogP contribution in [0.2, 0.25) is 0 Å². The number of carbonyl (C=O) groups excluding carboxylic acids is 1. The highest BCUT2D eigenvalue weighted by atomic mass is 16.7. The van der Waals surface area contributed by atoms with Crippen LogP contribution in [0.15, 0.2) is 36.4 Å². The van der Waals surface area contributed by atoms with Gasteiger partial charge in [0.05, 0.1) is 25.6 Å². The Bertz CT molecular complexity index is 1160. The highest BCUT2D eigenvalue weighted by Crippen LogP contribution is 2.43. The van der Waals surface area contributed by atoms with E-state index >= 15 is 0 Å². The van der Waals surface area contributed by atoms with Crippen molar-refractivity contribution in [1.29, 1.82) is 0 Å². The smallest absolute Gasteiger partial charge is 0.231 e. The molecule has 2 heterocycles. The van der Waals surface area contributed by atoms with Gasteiger partial charge in [0.1, 0.15) is 0 Å². The Morgan fingerprint density at radius 3 is 2.72 bits per heavy atom. The second kappa shape index (κ2) is 6.70. The molecule has 3 aromatic rings. The van der Waals surface area contributed by atoms with E-state index in [4.69, 9.17) is 18.9 Å². The lowest BCUT2D eigenvalue weighted by molar-refractivity contribution is 0.104. The number of hydrogen-bond acceptors (Lipinski definition) is 6. The SMILES string of the molecule is COc1cc2c(cc1OC)-c1n[nH]c(/C=C/C(=O)c3ccc4c(c3)OCO4)c1C2. The summed E-state index contributed by atoms with van der Waals surface area (Å²) in [6.45, 7) is 0.180. The standard InChI is InChI=1S/C22H18N2O5/c1-26-19-9-13-7-15-16(23-24-22(15)14(13)10-20(19)27-2)4-5-17(25)12-3-6-18-21(8-12)29-11-28-18/h3-6,8-10H,7,11H2,1-2H3,(H,23,24)/b5-4+. The Hall–Kier alpha value is -3.74. The van der Waals surface area contributed by atoms with Gasteiger partial charge >= 0.3 is 0 Å². The maximum atomic E-state index is 12.6. The van der Waals surface area contributed by atoms with Crippen molar-refractivity contribution in [2.75, 3.05) is 21.0 Å². The molecule has 1 N–H and O–H groups in total. The average Bonchev–Trinajstić information content (AvgIpc) is 3.45. The molecular weight excluding hydrogens is 372 g/mol. The molecule has 0 bridgehead atoms. The Morgan fingerprint density at radius 1 is 1.10 bits per heavy atom. The monoisotopic (exact) mass is 390 g/mol. The van der Waals surface area contributed by atoms with Crippen molar-refractivity contribution in [2.45, 2.75) is 6.42 Å². The Labute approximate surface area is 166 Å². The number of nitrogens with one attached hydrogen (secondary N) is 1. The molecule has 29 heavy (non-hydrogen) atoms. The third kappa shape index (κ3) is 2.82. The van der Waals surface area contributed by atoms with Gasteiger partial charge in [0.2, 0.25) is 6.79 Å². The minimum Gasteiger partial charge on any atom is -0.493 e. The molecular formula is C22H18N2O5. The fourth-order valence-electron chi connectivity index (χ4n) is 3.70. The molecule has 0 unspecified atom stereocenters. The van der Waals surface area contributed by atoms with Crippen molar-refractivity contribution >= 4 is 11.9 Å². The second-order valence-corrected chi connectivity index (χ2v) is 6.77. The van der Waals surface area contributed by atoms with E-state index in [1.165, 1.54) is 6.08 Å². The average molecular weight is 390 g/mol. The Kier molecular flexibility index (Phi) is 4.01. The predicted molar refractivity (Wildman–Crippen MR) is 106 cm³/mol. The zero-order chi connectivity index (χ0) is 20.0. The number of H-pyrrole nitrogens is 1. The molecule has 0 saturated heterocycles. The molecule has 0 spiro atoms. The summed E-state index contributed by atoms with van der Waals surface area (Å²) in [6, 6.07) is 9.08. The van der Waals surface area contributed by atoms with Crippen molar-refractivity contribution in [3.63, 3.8) is 0 Å². The number of methoxy groups -OCH3 is 2. The van der Waals surface area contributed by atoms with Gasteiger partial charge in [-0.3, -0.25) is 9.89 Å². The number of benzene rings is 2. The molecule has 5 rings (SSSR count). The summed E-state index contributed by atoms with van der Waals surface area (Å²) in [5.41, 5.74) is 5.39. The minimum absolute atomic E-state index is 0.120. The van der Waals surface area contributed by atoms with Crippen LogP contribution in [0.25, 0.3) is 17.3 Å². The van der Waals surface area contributed by atoms with E-state index < -0.39 is 0 Å². The van der Waals surface area contributed by atoms with Crippen LogP contribution in [0.3, 0.4) is 0 Å². The molecule has 0 radical (unpaired) electrons. The van der Waals surface area contributed by atoms with Crippen LogP contribution >= 0.6 is 0 Å². The molecule has 2 aliphatic rings. The van der Waals surface area contributed by atoms with Gasteiger partial charge in [0.25, 0.3) is 0 Å². The third-order valence-corrected chi connectivity index (χ3v) is 5.19. The number of fused-ring (bicyclic) bond motifs is 4. The zero-order valence-electron chi connectivity index (χ0n) is 15.9. The number of nitrogens with zero attached hydrogens (tertiary/aromatic N) is 1. The summed E-state index contributed by atoms with van der Waals surface area (Å²) < 4.78 is 21.4. The molecule has 0 amide bonds. The maximum Gasteiger partial charge on any atom is 0.231 e. The van der Waals surface area contributed by atoms with E-state index in [0.29, 0.717) is 35.0 Å².